The molecule has 0 fully saturated rings. The van der Waals surface area contributed by atoms with Crippen LogP contribution in [0.2, 0.25) is 0 Å². The largest absolute Gasteiger partial charge is 0.269 e. The minimum atomic E-state index is -3.74. The number of allylic oxidation sites excluding steroid dienone is 2. The molecule has 0 radical (unpaired) electrons. The van der Waals surface area contributed by atoms with Gasteiger partial charge in [-0.1, -0.05) is 23.8 Å². The number of nitro benzene ring substituents is 1. The maximum atomic E-state index is 12.4. The SMILES string of the molecule is CC1=CC=CC(C)(NS(=O)(=O)c2ccc([N+](=O)[O-])cc2)C1. The second-order valence-electron chi connectivity index (χ2n) is 5.32. The molecule has 1 aromatic carbocycles. The number of benzene rings is 1. The van der Waals surface area contributed by atoms with E-state index in [1.807, 2.05) is 19.1 Å². The van der Waals surface area contributed by atoms with Crippen molar-refractivity contribution in [1.29, 1.82) is 0 Å². The van der Waals surface area contributed by atoms with E-state index in [9.17, 15) is 18.5 Å². The Morgan fingerprint density at radius 2 is 1.90 bits per heavy atom. The number of hydrogen-bond donors (Lipinski definition) is 1. The van der Waals surface area contributed by atoms with Gasteiger partial charge in [0.15, 0.2) is 0 Å². The number of hydrogen-bond acceptors (Lipinski definition) is 4. The first-order valence-electron chi connectivity index (χ1n) is 6.35. The van der Waals surface area contributed by atoms with E-state index in [1.54, 1.807) is 13.0 Å². The smallest absolute Gasteiger partial charge is 0.258 e. The van der Waals surface area contributed by atoms with Gasteiger partial charge in [-0.3, -0.25) is 10.1 Å². The van der Waals surface area contributed by atoms with E-state index in [-0.39, 0.29) is 10.6 Å². The van der Waals surface area contributed by atoms with Gasteiger partial charge < -0.3 is 0 Å². The van der Waals surface area contributed by atoms with Crippen molar-refractivity contribution >= 4 is 15.7 Å². The summed E-state index contributed by atoms with van der Waals surface area (Å²) in [6, 6.07) is 4.83. The lowest BCUT2D eigenvalue weighted by Crippen LogP contribution is -2.45. The first kappa shape index (κ1) is 15.4. The van der Waals surface area contributed by atoms with Gasteiger partial charge >= 0.3 is 0 Å². The van der Waals surface area contributed by atoms with E-state index >= 15 is 0 Å². The maximum Gasteiger partial charge on any atom is 0.269 e. The van der Waals surface area contributed by atoms with Crippen LogP contribution < -0.4 is 4.72 Å². The lowest BCUT2D eigenvalue weighted by molar-refractivity contribution is -0.384. The minimum absolute atomic E-state index is 0.00920. The second kappa shape index (κ2) is 5.42. The summed E-state index contributed by atoms with van der Waals surface area (Å²) in [7, 11) is -3.74. The molecule has 1 aliphatic rings. The highest BCUT2D eigenvalue weighted by atomic mass is 32.2. The Bertz CT molecular complexity index is 720. The molecule has 0 aromatic heterocycles. The van der Waals surface area contributed by atoms with Crippen molar-refractivity contribution < 1.29 is 13.3 Å². The first-order valence-corrected chi connectivity index (χ1v) is 7.84. The van der Waals surface area contributed by atoms with Crippen molar-refractivity contribution in [1.82, 2.24) is 4.72 Å². The Hall–Kier alpha value is -1.99. The predicted octanol–water partition coefficient (Wildman–Crippen LogP) is 2.54. The molecular formula is C14H16N2O4S. The molecule has 112 valence electrons. The summed E-state index contributed by atoms with van der Waals surface area (Å²) in [5.41, 5.74) is 0.238. The number of nitrogens with one attached hydrogen (secondary N) is 1. The molecule has 1 unspecified atom stereocenters. The molecule has 0 amide bonds. The second-order valence-corrected chi connectivity index (χ2v) is 7.01. The van der Waals surface area contributed by atoms with Gasteiger partial charge in [-0.25, -0.2) is 13.1 Å². The minimum Gasteiger partial charge on any atom is -0.258 e. The highest BCUT2D eigenvalue weighted by Gasteiger charge is 2.29. The molecule has 1 aliphatic carbocycles. The standard InChI is InChI=1S/C14H16N2O4S/c1-11-4-3-9-14(2,10-11)15-21(19,20)13-7-5-12(6-8-13)16(17)18/h3-9,15H,10H2,1-2H3. The van der Waals surface area contributed by atoms with Gasteiger partial charge in [0.05, 0.1) is 15.4 Å². The van der Waals surface area contributed by atoms with Crippen LogP contribution >= 0.6 is 0 Å². The zero-order valence-corrected chi connectivity index (χ0v) is 12.6. The van der Waals surface area contributed by atoms with E-state index in [2.05, 4.69) is 4.72 Å². The third-order valence-corrected chi connectivity index (χ3v) is 4.84. The zero-order valence-electron chi connectivity index (χ0n) is 11.7. The Balaban J connectivity index is 2.24. The molecule has 0 aliphatic heterocycles. The fourth-order valence-electron chi connectivity index (χ4n) is 2.30. The number of sulfonamides is 1. The van der Waals surface area contributed by atoms with E-state index < -0.39 is 20.5 Å². The fraction of sp³-hybridized carbons (Fsp3) is 0.286. The predicted molar refractivity (Wildman–Crippen MR) is 79.3 cm³/mol. The molecule has 1 N–H and O–H groups in total. The molecule has 0 saturated carbocycles. The molecule has 0 heterocycles. The van der Waals surface area contributed by atoms with Gasteiger partial charge in [-0.15, -0.1) is 0 Å². The van der Waals surface area contributed by atoms with E-state index in [0.29, 0.717) is 6.42 Å². The van der Waals surface area contributed by atoms with Gasteiger partial charge in [-0.05, 0) is 32.4 Å². The number of nitrogens with zero attached hydrogens (tertiary/aromatic N) is 1. The lowest BCUT2D eigenvalue weighted by Gasteiger charge is -2.29. The third-order valence-electron chi connectivity index (χ3n) is 3.22. The Morgan fingerprint density at radius 1 is 1.29 bits per heavy atom. The summed E-state index contributed by atoms with van der Waals surface area (Å²) in [5, 5.41) is 10.6. The Morgan fingerprint density at radius 3 is 2.43 bits per heavy atom. The molecule has 2 rings (SSSR count). The third kappa shape index (κ3) is 3.56. The average molecular weight is 308 g/mol. The molecule has 1 aromatic rings. The van der Waals surface area contributed by atoms with Crippen LogP contribution in [0.3, 0.4) is 0 Å². The normalized spacial score (nSPS) is 21.9. The topological polar surface area (TPSA) is 89.3 Å². The molecular weight excluding hydrogens is 292 g/mol. The van der Waals surface area contributed by atoms with E-state index in [4.69, 9.17) is 0 Å². The molecule has 0 bridgehead atoms. The van der Waals surface area contributed by atoms with Crippen molar-refractivity contribution in [3.63, 3.8) is 0 Å². The molecule has 21 heavy (non-hydrogen) atoms. The van der Waals surface area contributed by atoms with Crippen LogP contribution in [-0.4, -0.2) is 18.9 Å². The van der Waals surface area contributed by atoms with Gasteiger partial charge in [0.1, 0.15) is 0 Å². The summed E-state index contributed by atoms with van der Waals surface area (Å²) >= 11 is 0. The zero-order chi connectivity index (χ0) is 15.7. The van der Waals surface area contributed by atoms with Crippen LogP contribution in [0.25, 0.3) is 0 Å². The fourth-order valence-corrected chi connectivity index (χ4v) is 3.67. The van der Waals surface area contributed by atoms with Crippen LogP contribution in [0.5, 0.6) is 0 Å². The number of rotatable bonds is 4. The molecule has 0 saturated heterocycles. The van der Waals surface area contributed by atoms with Crippen LogP contribution in [0.1, 0.15) is 20.3 Å². The van der Waals surface area contributed by atoms with Crippen LogP contribution in [-0.2, 0) is 10.0 Å². The van der Waals surface area contributed by atoms with Gasteiger partial charge in [0.2, 0.25) is 10.0 Å². The van der Waals surface area contributed by atoms with Gasteiger partial charge in [0.25, 0.3) is 5.69 Å². The van der Waals surface area contributed by atoms with Crippen LogP contribution in [0.15, 0.2) is 53.0 Å². The van der Waals surface area contributed by atoms with Crippen molar-refractivity contribution in [2.24, 2.45) is 0 Å². The van der Waals surface area contributed by atoms with Crippen LogP contribution in [0, 0.1) is 10.1 Å². The lowest BCUT2D eigenvalue weighted by atomic mass is 9.90. The summed E-state index contributed by atoms with van der Waals surface area (Å²) in [6.07, 6.45) is 6.12. The highest BCUT2D eigenvalue weighted by Crippen LogP contribution is 2.25. The Kier molecular flexibility index (Phi) is 3.97. The quantitative estimate of drug-likeness (QED) is 0.683. The average Bonchev–Trinajstić information content (AvgIpc) is 2.37. The van der Waals surface area contributed by atoms with Crippen molar-refractivity contribution in [2.75, 3.05) is 0 Å². The van der Waals surface area contributed by atoms with Gasteiger partial charge in [-0.2, -0.15) is 0 Å². The first-order chi connectivity index (χ1) is 9.72. The van der Waals surface area contributed by atoms with Crippen molar-refractivity contribution in [2.45, 2.75) is 30.7 Å². The molecule has 7 heteroatoms. The van der Waals surface area contributed by atoms with Crippen molar-refractivity contribution in [3.8, 4) is 0 Å². The summed E-state index contributed by atoms with van der Waals surface area (Å²) in [4.78, 5) is 10.0. The number of nitro groups is 1. The molecule has 0 spiro atoms. The number of non-ortho nitro benzene ring substituents is 1. The summed E-state index contributed by atoms with van der Waals surface area (Å²) < 4.78 is 27.4. The van der Waals surface area contributed by atoms with Crippen molar-refractivity contribution in [3.05, 3.63) is 58.2 Å². The highest BCUT2D eigenvalue weighted by molar-refractivity contribution is 7.89. The van der Waals surface area contributed by atoms with E-state index in [0.717, 1.165) is 5.57 Å². The van der Waals surface area contributed by atoms with E-state index in [1.165, 1.54) is 24.3 Å². The summed E-state index contributed by atoms with van der Waals surface area (Å²) in [5.74, 6) is 0. The van der Waals surface area contributed by atoms with Gasteiger partial charge in [0, 0.05) is 12.1 Å². The molecule has 6 nitrogen and oxygen atoms in total. The monoisotopic (exact) mass is 308 g/mol. The van der Waals surface area contributed by atoms with Crippen LogP contribution in [0.4, 0.5) is 5.69 Å². The molecule has 1 atom stereocenters. The Labute approximate surface area is 123 Å². The maximum absolute atomic E-state index is 12.4. The summed E-state index contributed by atoms with van der Waals surface area (Å²) in [6.45, 7) is 3.73.